The molecule has 0 bridgehead atoms. The highest BCUT2D eigenvalue weighted by molar-refractivity contribution is 6.09. The second-order valence-electron chi connectivity index (χ2n) is 10.9. The summed E-state index contributed by atoms with van der Waals surface area (Å²) in [4.78, 5) is 12.4. The van der Waals surface area contributed by atoms with Crippen LogP contribution in [0.2, 0.25) is 0 Å². The second kappa shape index (κ2) is 10.1. The van der Waals surface area contributed by atoms with Gasteiger partial charge in [-0.3, -0.25) is 4.79 Å². The Kier molecular flexibility index (Phi) is 7.79. The first-order valence-electron chi connectivity index (χ1n) is 12.0. The standard InChI is InChI=1S/C24H36O12/c1-23(2)9-24(3,6-10-4-5-11(26)14(10)23)36-20-18(30)15(27)12(7-25)35-22(20)33-8-13-16(28)17(29)19(31)21(32)34-13/h4-5,12-13,15-22,25,27-32H,6-9H2,1-3H3. The molecule has 7 N–H and O–H groups in total. The highest BCUT2D eigenvalue weighted by Crippen LogP contribution is 2.50. The Hall–Kier alpha value is -1.29. The van der Waals surface area contributed by atoms with E-state index in [1.807, 2.05) is 20.8 Å². The van der Waals surface area contributed by atoms with E-state index in [1.54, 1.807) is 6.08 Å². The largest absolute Gasteiger partial charge is 0.394 e. The van der Waals surface area contributed by atoms with E-state index < -0.39 is 85.6 Å². The van der Waals surface area contributed by atoms with E-state index in [0.29, 0.717) is 12.8 Å². The van der Waals surface area contributed by atoms with Crippen molar-refractivity contribution in [3.05, 3.63) is 23.3 Å². The van der Waals surface area contributed by atoms with Gasteiger partial charge in [0, 0.05) is 12.0 Å². The molecule has 11 atom stereocenters. The quantitative estimate of drug-likeness (QED) is 0.199. The molecule has 12 nitrogen and oxygen atoms in total. The summed E-state index contributed by atoms with van der Waals surface area (Å²) in [7, 11) is 0. The molecule has 12 heteroatoms. The van der Waals surface area contributed by atoms with Gasteiger partial charge in [-0.2, -0.15) is 0 Å². The third kappa shape index (κ3) is 5.05. The number of carbonyl (C=O) groups excluding carboxylic acids is 1. The van der Waals surface area contributed by atoms with E-state index in [2.05, 4.69) is 0 Å². The highest BCUT2D eigenvalue weighted by Gasteiger charge is 2.52. The van der Waals surface area contributed by atoms with Crippen molar-refractivity contribution in [2.45, 2.75) is 101 Å². The third-order valence-electron chi connectivity index (χ3n) is 7.42. The van der Waals surface area contributed by atoms with Crippen molar-refractivity contribution in [2.75, 3.05) is 13.2 Å². The van der Waals surface area contributed by atoms with Crippen LogP contribution < -0.4 is 0 Å². The van der Waals surface area contributed by atoms with E-state index in [-0.39, 0.29) is 5.78 Å². The van der Waals surface area contributed by atoms with Crippen LogP contribution in [0.4, 0.5) is 0 Å². The van der Waals surface area contributed by atoms with Crippen LogP contribution in [0.15, 0.2) is 23.3 Å². The third-order valence-corrected chi connectivity index (χ3v) is 7.42. The molecular formula is C24H36O12. The van der Waals surface area contributed by atoms with Gasteiger partial charge >= 0.3 is 0 Å². The molecule has 2 aliphatic heterocycles. The molecule has 204 valence electrons. The average Bonchev–Trinajstić information content (AvgIpc) is 3.18. The van der Waals surface area contributed by atoms with Gasteiger partial charge in [0.05, 0.1) is 18.8 Å². The Balaban J connectivity index is 1.53. The number of carbonyl (C=O) groups is 1. The van der Waals surface area contributed by atoms with E-state index in [0.717, 1.165) is 11.1 Å². The Morgan fingerprint density at radius 2 is 1.58 bits per heavy atom. The fraction of sp³-hybridized carbons (Fsp3) is 0.792. The second-order valence-corrected chi connectivity index (χ2v) is 10.9. The maximum atomic E-state index is 12.4. The summed E-state index contributed by atoms with van der Waals surface area (Å²) >= 11 is 0. The summed E-state index contributed by atoms with van der Waals surface area (Å²) in [5, 5.41) is 70.6. The monoisotopic (exact) mass is 516 g/mol. The Labute approximate surface area is 208 Å². The van der Waals surface area contributed by atoms with E-state index in [9.17, 15) is 40.5 Å². The maximum Gasteiger partial charge on any atom is 0.187 e. The molecule has 2 heterocycles. The lowest BCUT2D eigenvalue weighted by atomic mass is 9.67. The van der Waals surface area contributed by atoms with Gasteiger partial charge in [-0.25, -0.2) is 0 Å². The number of ketones is 1. The van der Waals surface area contributed by atoms with Crippen molar-refractivity contribution in [3.8, 4) is 0 Å². The van der Waals surface area contributed by atoms with Crippen molar-refractivity contribution >= 4 is 5.78 Å². The van der Waals surface area contributed by atoms with Crippen LogP contribution in [-0.2, 0) is 23.7 Å². The van der Waals surface area contributed by atoms with E-state index in [4.69, 9.17) is 18.9 Å². The number of hydrogen-bond acceptors (Lipinski definition) is 12. The van der Waals surface area contributed by atoms with Crippen LogP contribution in [0.5, 0.6) is 0 Å². The number of hydrogen-bond donors (Lipinski definition) is 7. The average molecular weight is 517 g/mol. The van der Waals surface area contributed by atoms with Crippen LogP contribution in [0, 0.1) is 5.41 Å². The summed E-state index contributed by atoms with van der Waals surface area (Å²) < 4.78 is 22.9. The number of aliphatic hydroxyl groups excluding tert-OH is 7. The first kappa shape index (κ1) is 27.7. The molecular weight excluding hydrogens is 480 g/mol. The zero-order chi connectivity index (χ0) is 26.6. The molecule has 2 fully saturated rings. The lowest BCUT2D eigenvalue weighted by Crippen LogP contribution is -2.63. The zero-order valence-electron chi connectivity index (χ0n) is 20.4. The van der Waals surface area contributed by atoms with Crippen LogP contribution in [0.25, 0.3) is 0 Å². The van der Waals surface area contributed by atoms with Gasteiger partial charge in [-0.05, 0) is 30.4 Å². The SMILES string of the molecule is CC1(OC2C(OCC3OC(O)C(O)C(O)C3O)OC(CO)C(O)C2O)CC2=C(C(=O)C=C2)C(C)(C)C1. The molecule has 4 rings (SSSR count). The molecule has 2 aliphatic carbocycles. The minimum Gasteiger partial charge on any atom is -0.394 e. The first-order chi connectivity index (χ1) is 16.8. The maximum absolute atomic E-state index is 12.4. The predicted molar refractivity (Wildman–Crippen MR) is 120 cm³/mol. The summed E-state index contributed by atoms with van der Waals surface area (Å²) in [5.74, 6) is -0.0407. The minimum atomic E-state index is -1.76. The smallest absolute Gasteiger partial charge is 0.187 e. The van der Waals surface area contributed by atoms with Crippen molar-refractivity contribution in [1.82, 2.24) is 0 Å². The topological polar surface area (TPSA) is 196 Å². The molecule has 11 unspecified atom stereocenters. The van der Waals surface area contributed by atoms with Gasteiger partial charge in [0.15, 0.2) is 18.4 Å². The fourth-order valence-corrected chi connectivity index (χ4v) is 5.89. The van der Waals surface area contributed by atoms with Gasteiger partial charge in [-0.15, -0.1) is 0 Å². The normalized spacial score (nSPS) is 46.8. The summed E-state index contributed by atoms with van der Waals surface area (Å²) in [6, 6.07) is 0. The Bertz CT molecular complexity index is 902. The van der Waals surface area contributed by atoms with Crippen LogP contribution in [0.3, 0.4) is 0 Å². The Morgan fingerprint density at radius 1 is 0.917 bits per heavy atom. The molecule has 0 aromatic rings. The van der Waals surface area contributed by atoms with Crippen LogP contribution in [-0.4, -0.2) is 122 Å². The van der Waals surface area contributed by atoms with Gasteiger partial charge in [0.2, 0.25) is 0 Å². The van der Waals surface area contributed by atoms with Gasteiger partial charge < -0.3 is 54.7 Å². The van der Waals surface area contributed by atoms with Gasteiger partial charge in [-0.1, -0.05) is 19.9 Å². The van der Waals surface area contributed by atoms with Gasteiger partial charge in [0.1, 0.15) is 48.8 Å². The molecule has 2 saturated heterocycles. The summed E-state index contributed by atoms with van der Waals surface area (Å²) in [6.45, 7) is 4.62. The molecule has 36 heavy (non-hydrogen) atoms. The molecule has 4 aliphatic rings. The summed E-state index contributed by atoms with van der Waals surface area (Å²) in [5.41, 5.74) is 0.132. The summed E-state index contributed by atoms with van der Waals surface area (Å²) in [6.07, 6.45) is -10.7. The molecule has 0 radical (unpaired) electrons. The van der Waals surface area contributed by atoms with Gasteiger partial charge in [0.25, 0.3) is 0 Å². The fourth-order valence-electron chi connectivity index (χ4n) is 5.89. The predicted octanol–water partition coefficient (Wildman–Crippen LogP) is -2.36. The first-order valence-corrected chi connectivity index (χ1v) is 12.0. The molecule has 0 aromatic carbocycles. The number of aliphatic hydroxyl groups is 7. The van der Waals surface area contributed by atoms with Crippen LogP contribution in [0.1, 0.15) is 33.6 Å². The van der Waals surface area contributed by atoms with Crippen molar-refractivity contribution < 1.29 is 59.5 Å². The van der Waals surface area contributed by atoms with Crippen LogP contribution >= 0.6 is 0 Å². The molecule has 0 amide bonds. The number of allylic oxidation sites excluding steroid dienone is 3. The number of ether oxygens (including phenoxy) is 4. The van der Waals surface area contributed by atoms with Crippen molar-refractivity contribution in [3.63, 3.8) is 0 Å². The van der Waals surface area contributed by atoms with Crippen molar-refractivity contribution in [1.29, 1.82) is 0 Å². The zero-order valence-corrected chi connectivity index (χ0v) is 20.4. The highest BCUT2D eigenvalue weighted by atomic mass is 16.7. The molecule has 0 saturated carbocycles. The minimum absolute atomic E-state index is 0.0407. The van der Waals surface area contributed by atoms with E-state index >= 15 is 0 Å². The molecule has 0 spiro atoms. The number of rotatable bonds is 6. The lowest BCUT2D eigenvalue weighted by molar-refractivity contribution is -0.342. The molecule has 0 aromatic heterocycles. The van der Waals surface area contributed by atoms with E-state index in [1.165, 1.54) is 6.08 Å². The lowest BCUT2D eigenvalue weighted by Gasteiger charge is -2.49. The van der Waals surface area contributed by atoms with Crippen molar-refractivity contribution in [2.24, 2.45) is 5.41 Å². The Morgan fingerprint density at radius 3 is 2.25 bits per heavy atom.